The Morgan fingerprint density at radius 2 is 1.78 bits per heavy atom. The SMILES string of the molecule is CCOP(=O)(OCC)[C@@H]1CN1[C@H](C)c1cccc2ccccc12. The van der Waals surface area contributed by atoms with Crippen LogP contribution in [-0.4, -0.2) is 30.4 Å². The molecule has 3 rings (SSSR count). The zero-order chi connectivity index (χ0) is 16.4. The van der Waals surface area contributed by atoms with E-state index in [0.717, 1.165) is 6.54 Å². The fourth-order valence-corrected chi connectivity index (χ4v) is 5.29. The smallest absolute Gasteiger partial charge is 0.308 e. The van der Waals surface area contributed by atoms with Gasteiger partial charge in [0.15, 0.2) is 0 Å². The quantitative estimate of drug-likeness (QED) is 0.538. The number of rotatable bonds is 7. The number of nitrogens with zero attached hydrogens (tertiary/aromatic N) is 1. The van der Waals surface area contributed by atoms with Crippen LogP contribution in [0.1, 0.15) is 32.4 Å². The molecule has 23 heavy (non-hydrogen) atoms. The number of benzene rings is 2. The van der Waals surface area contributed by atoms with Crippen LogP contribution in [0.25, 0.3) is 10.8 Å². The maximum absolute atomic E-state index is 12.9. The molecule has 1 saturated heterocycles. The minimum Gasteiger partial charge on any atom is -0.308 e. The van der Waals surface area contributed by atoms with Crippen molar-refractivity contribution in [3.63, 3.8) is 0 Å². The molecule has 2 aromatic carbocycles. The summed E-state index contributed by atoms with van der Waals surface area (Å²) in [6.45, 7) is 7.43. The predicted molar refractivity (Wildman–Crippen MR) is 93.7 cm³/mol. The van der Waals surface area contributed by atoms with Crippen molar-refractivity contribution in [2.75, 3.05) is 19.8 Å². The van der Waals surface area contributed by atoms with Gasteiger partial charge >= 0.3 is 7.60 Å². The van der Waals surface area contributed by atoms with Crippen molar-refractivity contribution in [2.45, 2.75) is 32.6 Å². The lowest BCUT2D eigenvalue weighted by Gasteiger charge is -2.21. The molecule has 1 unspecified atom stereocenters. The Morgan fingerprint density at radius 1 is 1.13 bits per heavy atom. The Balaban J connectivity index is 1.84. The minimum absolute atomic E-state index is 0.128. The first-order valence-electron chi connectivity index (χ1n) is 8.23. The highest BCUT2D eigenvalue weighted by atomic mass is 31.2. The van der Waals surface area contributed by atoms with Gasteiger partial charge < -0.3 is 9.05 Å². The molecule has 1 aliphatic rings. The molecule has 0 saturated carbocycles. The van der Waals surface area contributed by atoms with E-state index in [2.05, 4.69) is 54.3 Å². The van der Waals surface area contributed by atoms with Crippen LogP contribution in [-0.2, 0) is 13.6 Å². The highest BCUT2D eigenvalue weighted by Crippen LogP contribution is 2.61. The molecule has 0 spiro atoms. The molecule has 3 atom stereocenters. The van der Waals surface area contributed by atoms with Crippen molar-refractivity contribution >= 4 is 18.4 Å². The van der Waals surface area contributed by atoms with Crippen molar-refractivity contribution in [3.8, 4) is 0 Å². The van der Waals surface area contributed by atoms with Gasteiger partial charge in [0.05, 0.1) is 13.2 Å². The van der Waals surface area contributed by atoms with Gasteiger partial charge in [0, 0.05) is 12.6 Å². The Kier molecular flexibility index (Phi) is 4.88. The standard InChI is InChI=1S/C18H24NO3P/c1-4-21-23(20,22-5-2)18-13-19(18)14(3)16-12-8-10-15-9-6-7-11-17(15)16/h6-12,14,18H,4-5,13H2,1-3H3/t14-,18-,19?/m1/s1. The average molecular weight is 333 g/mol. The van der Waals surface area contributed by atoms with E-state index in [1.807, 2.05) is 13.8 Å². The third kappa shape index (κ3) is 3.22. The molecule has 124 valence electrons. The van der Waals surface area contributed by atoms with E-state index in [1.54, 1.807) is 0 Å². The maximum atomic E-state index is 12.9. The molecule has 0 aromatic heterocycles. The molecule has 2 aromatic rings. The van der Waals surface area contributed by atoms with Crippen LogP contribution in [0.2, 0.25) is 0 Å². The van der Waals surface area contributed by atoms with Crippen molar-refractivity contribution in [1.82, 2.24) is 4.90 Å². The van der Waals surface area contributed by atoms with Crippen molar-refractivity contribution in [2.24, 2.45) is 0 Å². The Hall–Kier alpha value is -1.19. The molecule has 0 N–H and O–H groups in total. The Morgan fingerprint density at radius 3 is 2.48 bits per heavy atom. The number of hydrogen-bond acceptors (Lipinski definition) is 4. The summed E-state index contributed by atoms with van der Waals surface area (Å²) >= 11 is 0. The van der Waals surface area contributed by atoms with Crippen molar-refractivity contribution < 1.29 is 13.6 Å². The summed E-state index contributed by atoms with van der Waals surface area (Å²) in [5, 5.41) is 2.48. The van der Waals surface area contributed by atoms with E-state index >= 15 is 0 Å². The molecule has 1 heterocycles. The van der Waals surface area contributed by atoms with E-state index in [4.69, 9.17) is 9.05 Å². The van der Waals surface area contributed by atoms with Crippen molar-refractivity contribution in [1.29, 1.82) is 0 Å². The summed E-state index contributed by atoms with van der Waals surface area (Å²) < 4.78 is 23.9. The van der Waals surface area contributed by atoms with Crippen molar-refractivity contribution in [3.05, 3.63) is 48.0 Å². The Bertz CT molecular complexity index is 718. The van der Waals surface area contributed by atoms with Crippen LogP contribution in [0.5, 0.6) is 0 Å². The fraction of sp³-hybridized carbons (Fsp3) is 0.444. The first-order chi connectivity index (χ1) is 11.1. The normalized spacial score (nSPS) is 22.2. The topological polar surface area (TPSA) is 38.5 Å². The predicted octanol–water partition coefficient (Wildman–Crippen LogP) is 4.81. The number of hydrogen-bond donors (Lipinski definition) is 0. The summed E-state index contributed by atoms with van der Waals surface area (Å²) in [7, 11) is -3.05. The van der Waals surface area contributed by atoms with Crippen LogP contribution in [0.15, 0.2) is 42.5 Å². The third-order valence-electron chi connectivity index (χ3n) is 4.38. The molecule has 0 amide bonds. The van der Waals surface area contributed by atoms with Gasteiger partial charge in [0.1, 0.15) is 5.78 Å². The van der Waals surface area contributed by atoms with Crippen LogP contribution in [0.4, 0.5) is 0 Å². The summed E-state index contributed by atoms with van der Waals surface area (Å²) in [5.74, 6) is -0.128. The highest BCUT2D eigenvalue weighted by molar-refractivity contribution is 7.55. The van der Waals surface area contributed by atoms with E-state index < -0.39 is 7.60 Å². The molecular formula is C18H24NO3P. The summed E-state index contributed by atoms with van der Waals surface area (Å²) in [4.78, 5) is 2.20. The van der Waals surface area contributed by atoms with Gasteiger partial charge in [0.25, 0.3) is 0 Å². The van der Waals surface area contributed by atoms with Crippen LogP contribution < -0.4 is 0 Å². The molecule has 0 radical (unpaired) electrons. The van der Waals surface area contributed by atoms with Gasteiger partial charge in [-0.2, -0.15) is 0 Å². The molecular weight excluding hydrogens is 309 g/mol. The zero-order valence-electron chi connectivity index (χ0n) is 13.9. The Labute approximate surface area is 137 Å². The summed E-state index contributed by atoms with van der Waals surface area (Å²) in [6.07, 6.45) is 0. The van der Waals surface area contributed by atoms with E-state index in [1.165, 1.54) is 16.3 Å². The fourth-order valence-electron chi connectivity index (χ4n) is 3.20. The van der Waals surface area contributed by atoms with Gasteiger partial charge in [-0.05, 0) is 37.1 Å². The largest absolute Gasteiger partial charge is 0.348 e. The zero-order valence-corrected chi connectivity index (χ0v) is 14.8. The second-order valence-electron chi connectivity index (χ2n) is 5.80. The lowest BCUT2D eigenvalue weighted by atomic mass is 10.00. The van der Waals surface area contributed by atoms with E-state index in [0.29, 0.717) is 13.2 Å². The van der Waals surface area contributed by atoms with Gasteiger partial charge in [-0.15, -0.1) is 0 Å². The second kappa shape index (κ2) is 6.74. The molecule has 1 aliphatic heterocycles. The molecule has 1 fully saturated rings. The van der Waals surface area contributed by atoms with Crippen LogP contribution in [0, 0.1) is 0 Å². The minimum atomic E-state index is -3.05. The van der Waals surface area contributed by atoms with E-state index in [-0.39, 0.29) is 11.8 Å². The third-order valence-corrected chi connectivity index (χ3v) is 6.80. The molecule has 0 bridgehead atoms. The lowest BCUT2D eigenvalue weighted by Crippen LogP contribution is -2.12. The second-order valence-corrected chi connectivity index (χ2v) is 7.99. The van der Waals surface area contributed by atoms with Gasteiger partial charge in [-0.25, -0.2) is 0 Å². The highest BCUT2D eigenvalue weighted by Gasteiger charge is 2.53. The van der Waals surface area contributed by atoms with Gasteiger partial charge in [-0.3, -0.25) is 9.46 Å². The lowest BCUT2D eigenvalue weighted by molar-refractivity contribution is 0.212. The first-order valence-corrected chi connectivity index (χ1v) is 9.84. The average Bonchev–Trinajstić information content (AvgIpc) is 3.35. The van der Waals surface area contributed by atoms with Crippen LogP contribution in [0.3, 0.4) is 0 Å². The first kappa shape index (κ1) is 16.7. The van der Waals surface area contributed by atoms with Gasteiger partial charge in [-0.1, -0.05) is 42.5 Å². The maximum Gasteiger partial charge on any atom is 0.348 e. The van der Waals surface area contributed by atoms with E-state index in [9.17, 15) is 4.57 Å². The molecule has 4 nitrogen and oxygen atoms in total. The summed E-state index contributed by atoms with van der Waals surface area (Å²) in [6, 6.07) is 14.9. The monoisotopic (exact) mass is 333 g/mol. The summed E-state index contributed by atoms with van der Waals surface area (Å²) in [5.41, 5.74) is 1.25. The van der Waals surface area contributed by atoms with Gasteiger partial charge in [0.2, 0.25) is 0 Å². The molecule has 5 heteroatoms. The van der Waals surface area contributed by atoms with Crippen LogP contribution >= 0.6 is 7.60 Å². The molecule has 0 aliphatic carbocycles. The number of fused-ring (bicyclic) bond motifs is 1.